The minimum atomic E-state index is 0.650. The Kier molecular flexibility index (Phi) is 6.79. The maximum Gasteiger partial charge on any atom is 0.143 e. The molecule has 0 amide bonds. The van der Waals surface area contributed by atoms with Crippen LogP contribution in [0.1, 0.15) is 0 Å². The molecular formula is C38H32N4O2. The number of aromatic nitrogens is 2. The van der Waals surface area contributed by atoms with Crippen LogP contribution in [0.2, 0.25) is 0 Å². The summed E-state index contributed by atoms with van der Waals surface area (Å²) in [6, 6.07) is 45.2. The Hall–Kier alpha value is -5.88. The number of anilines is 2. The van der Waals surface area contributed by atoms with Crippen molar-refractivity contribution in [3.63, 3.8) is 0 Å². The summed E-state index contributed by atoms with van der Waals surface area (Å²) in [5.41, 5.74) is 20.4. The summed E-state index contributed by atoms with van der Waals surface area (Å²) in [7, 11) is 3.28. The minimum Gasteiger partial charge on any atom is -0.495 e. The number of nitrogen functional groups attached to an aromatic ring is 2. The Balaban J connectivity index is 0.000000142. The number of nitrogens with zero attached hydrogens (tertiary/aromatic N) is 2. The van der Waals surface area contributed by atoms with Gasteiger partial charge in [0.15, 0.2) is 0 Å². The maximum absolute atomic E-state index is 6.32. The monoisotopic (exact) mass is 576 g/mol. The number of ether oxygens (including phenoxy) is 2. The molecule has 0 saturated heterocycles. The molecule has 216 valence electrons. The molecule has 0 aliphatic heterocycles. The fraction of sp³-hybridized carbons (Fsp3) is 0.0526. The van der Waals surface area contributed by atoms with Gasteiger partial charge in [0, 0.05) is 21.5 Å². The third kappa shape index (κ3) is 4.27. The SMILES string of the molecule is COc1cccc(-n2c3ccccc3c3ccccc32)c1N.COc1cccc(-n2c3ccccc3c3ccccc32)c1N. The van der Waals surface area contributed by atoms with Crippen molar-refractivity contribution in [2.24, 2.45) is 0 Å². The van der Waals surface area contributed by atoms with Crippen LogP contribution < -0.4 is 20.9 Å². The van der Waals surface area contributed by atoms with Crippen molar-refractivity contribution < 1.29 is 9.47 Å². The van der Waals surface area contributed by atoms with Crippen LogP contribution in [0.25, 0.3) is 55.0 Å². The highest BCUT2D eigenvalue weighted by molar-refractivity contribution is 6.10. The smallest absolute Gasteiger partial charge is 0.143 e. The Morgan fingerprint density at radius 2 is 0.682 bits per heavy atom. The number of nitrogens with two attached hydrogens (primary N) is 2. The first-order valence-electron chi connectivity index (χ1n) is 14.4. The molecule has 8 aromatic rings. The average molecular weight is 577 g/mol. The third-order valence-electron chi connectivity index (χ3n) is 8.17. The van der Waals surface area contributed by atoms with E-state index in [4.69, 9.17) is 20.9 Å². The van der Waals surface area contributed by atoms with E-state index >= 15 is 0 Å². The molecule has 0 atom stereocenters. The topological polar surface area (TPSA) is 80.4 Å². The molecule has 0 unspecified atom stereocenters. The molecule has 0 radical (unpaired) electrons. The second kappa shape index (κ2) is 11.1. The Labute approximate surface area is 255 Å². The minimum absolute atomic E-state index is 0.650. The Morgan fingerprint density at radius 3 is 0.977 bits per heavy atom. The number of rotatable bonds is 4. The summed E-state index contributed by atoms with van der Waals surface area (Å²) in [6.07, 6.45) is 0. The van der Waals surface area contributed by atoms with Crippen molar-refractivity contribution in [3.8, 4) is 22.9 Å². The lowest BCUT2D eigenvalue weighted by Gasteiger charge is -2.13. The number of hydrogen-bond acceptors (Lipinski definition) is 4. The van der Waals surface area contributed by atoms with Gasteiger partial charge in [0.1, 0.15) is 11.5 Å². The van der Waals surface area contributed by atoms with Gasteiger partial charge >= 0.3 is 0 Å². The average Bonchev–Trinajstić information content (AvgIpc) is 3.59. The van der Waals surface area contributed by atoms with Crippen LogP contribution in [0.4, 0.5) is 11.4 Å². The van der Waals surface area contributed by atoms with E-state index in [0.29, 0.717) is 22.9 Å². The van der Waals surface area contributed by atoms with E-state index in [0.717, 1.165) is 33.4 Å². The van der Waals surface area contributed by atoms with Crippen molar-refractivity contribution >= 4 is 55.0 Å². The van der Waals surface area contributed by atoms with E-state index in [1.807, 2.05) is 60.7 Å². The maximum atomic E-state index is 6.32. The molecule has 0 bridgehead atoms. The largest absolute Gasteiger partial charge is 0.495 e. The summed E-state index contributed by atoms with van der Waals surface area (Å²) in [5, 5.41) is 4.89. The van der Waals surface area contributed by atoms with Gasteiger partial charge in [-0.2, -0.15) is 0 Å². The summed E-state index contributed by atoms with van der Waals surface area (Å²) in [6.45, 7) is 0. The zero-order chi connectivity index (χ0) is 30.2. The molecule has 0 saturated carbocycles. The van der Waals surface area contributed by atoms with Crippen molar-refractivity contribution in [1.82, 2.24) is 9.13 Å². The van der Waals surface area contributed by atoms with Crippen molar-refractivity contribution in [1.29, 1.82) is 0 Å². The van der Waals surface area contributed by atoms with Crippen LogP contribution in [0, 0.1) is 0 Å². The molecular weight excluding hydrogens is 544 g/mol. The van der Waals surface area contributed by atoms with E-state index in [9.17, 15) is 0 Å². The second-order valence-corrected chi connectivity index (χ2v) is 10.5. The molecule has 8 rings (SSSR count). The van der Waals surface area contributed by atoms with Crippen LogP contribution in [-0.4, -0.2) is 23.4 Å². The summed E-state index contributed by atoms with van der Waals surface area (Å²) >= 11 is 0. The lowest BCUT2D eigenvalue weighted by Crippen LogP contribution is -2.01. The number of benzene rings is 6. The molecule has 0 spiro atoms. The van der Waals surface area contributed by atoms with Crippen molar-refractivity contribution in [2.75, 3.05) is 25.7 Å². The van der Waals surface area contributed by atoms with E-state index < -0.39 is 0 Å². The second-order valence-electron chi connectivity index (χ2n) is 10.5. The molecule has 6 heteroatoms. The zero-order valence-corrected chi connectivity index (χ0v) is 24.6. The van der Waals surface area contributed by atoms with Gasteiger partial charge in [-0.3, -0.25) is 0 Å². The molecule has 2 aromatic heterocycles. The van der Waals surface area contributed by atoms with Crippen LogP contribution in [0.3, 0.4) is 0 Å². The van der Waals surface area contributed by atoms with Gasteiger partial charge in [0.2, 0.25) is 0 Å². The molecule has 4 N–H and O–H groups in total. The van der Waals surface area contributed by atoms with E-state index in [2.05, 4.69) is 81.9 Å². The van der Waals surface area contributed by atoms with Crippen LogP contribution >= 0.6 is 0 Å². The van der Waals surface area contributed by atoms with Gasteiger partial charge in [0.25, 0.3) is 0 Å². The van der Waals surface area contributed by atoms with E-state index in [-0.39, 0.29) is 0 Å². The lowest BCUT2D eigenvalue weighted by molar-refractivity contribution is 0.417. The fourth-order valence-corrected chi connectivity index (χ4v) is 6.17. The third-order valence-corrected chi connectivity index (χ3v) is 8.17. The highest BCUT2D eigenvalue weighted by Crippen LogP contribution is 2.37. The molecule has 0 fully saturated rings. The number of methoxy groups -OCH3 is 2. The van der Waals surface area contributed by atoms with Crippen LogP contribution in [0.15, 0.2) is 133 Å². The van der Waals surface area contributed by atoms with Gasteiger partial charge in [-0.25, -0.2) is 0 Å². The Morgan fingerprint density at radius 1 is 0.386 bits per heavy atom. The predicted octanol–water partition coefficient (Wildman–Crippen LogP) is 8.75. The number of para-hydroxylation sites is 6. The lowest BCUT2D eigenvalue weighted by atomic mass is 10.2. The predicted molar refractivity (Wildman–Crippen MR) is 183 cm³/mol. The van der Waals surface area contributed by atoms with Crippen molar-refractivity contribution in [3.05, 3.63) is 133 Å². The van der Waals surface area contributed by atoms with Crippen LogP contribution in [0.5, 0.6) is 11.5 Å². The van der Waals surface area contributed by atoms with Gasteiger partial charge in [-0.05, 0) is 48.5 Å². The quantitative estimate of drug-likeness (QED) is 0.205. The zero-order valence-electron chi connectivity index (χ0n) is 24.6. The normalized spacial score (nSPS) is 11.1. The van der Waals surface area contributed by atoms with Crippen LogP contribution in [-0.2, 0) is 0 Å². The Bertz CT molecular complexity index is 2030. The highest BCUT2D eigenvalue weighted by atomic mass is 16.5. The van der Waals surface area contributed by atoms with Gasteiger partial charge in [-0.1, -0.05) is 84.9 Å². The van der Waals surface area contributed by atoms with E-state index in [1.165, 1.54) is 21.5 Å². The molecule has 2 heterocycles. The number of hydrogen-bond donors (Lipinski definition) is 2. The summed E-state index contributed by atoms with van der Waals surface area (Å²) in [4.78, 5) is 0. The standard InChI is InChI=1S/2C19H16N2O/c2*1-22-18-12-6-11-17(19(18)20)21-15-9-4-2-7-13(15)14-8-3-5-10-16(14)21/h2*2-12H,20H2,1H3. The molecule has 6 nitrogen and oxygen atoms in total. The first kappa shape index (κ1) is 27.0. The van der Waals surface area contributed by atoms with Crippen molar-refractivity contribution in [2.45, 2.75) is 0 Å². The summed E-state index contributed by atoms with van der Waals surface area (Å²) in [5.74, 6) is 1.39. The van der Waals surface area contributed by atoms with Gasteiger partial charge < -0.3 is 30.1 Å². The summed E-state index contributed by atoms with van der Waals surface area (Å²) < 4.78 is 15.1. The molecule has 0 aliphatic carbocycles. The fourth-order valence-electron chi connectivity index (χ4n) is 6.17. The van der Waals surface area contributed by atoms with Gasteiger partial charge in [0.05, 0.1) is 59.0 Å². The molecule has 0 aliphatic rings. The van der Waals surface area contributed by atoms with Gasteiger partial charge in [-0.15, -0.1) is 0 Å². The number of fused-ring (bicyclic) bond motifs is 6. The molecule has 44 heavy (non-hydrogen) atoms. The van der Waals surface area contributed by atoms with E-state index in [1.54, 1.807) is 14.2 Å². The highest BCUT2D eigenvalue weighted by Gasteiger charge is 2.16. The first-order valence-corrected chi connectivity index (χ1v) is 14.4. The molecule has 6 aromatic carbocycles. The first-order chi connectivity index (χ1) is 21.6.